The van der Waals surface area contributed by atoms with Gasteiger partial charge in [0.15, 0.2) is 10.9 Å². The zero-order valence-corrected chi connectivity index (χ0v) is 6.72. The number of allylic oxidation sites excluding steroid dienone is 2. The highest BCUT2D eigenvalue weighted by Crippen LogP contribution is 2.10. The van der Waals surface area contributed by atoms with Crippen LogP contribution in [0.1, 0.15) is 0 Å². The van der Waals surface area contributed by atoms with Gasteiger partial charge < -0.3 is 5.11 Å². The highest BCUT2D eigenvalue weighted by molar-refractivity contribution is 14.2. The SMILES string of the molecule is OC1=CC=IN=C1Cl. The fourth-order valence-corrected chi connectivity index (χ4v) is 1.74. The lowest BCUT2D eigenvalue weighted by atomic mass is 10.5. The van der Waals surface area contributed by atoms with Crippen LogP contribution in [-0.2, 0) is 0 Å². The summed E-state index contributed by atoms with van der Waals surface area (Å²) >= 11 is 5.15. The molecule has 0 bridgehead atoms. The van der Waals surface area contributed by atoms with Gasteiger partial charge in [-0.15, -0.1) is 0 Å². The number of aliphatic hydroxyl groups is 1. The minimum Gasteiger partial charge on any atom is -0.505 e. The Bertz CT molecular complexity index is 164. The van der Waals surface area contributed by atoms with Gasteiger partial charge in [-0.3, -0.25) is 0 Å². The van der Waals surface area contributed by atoms with Gasteiger partial charge in [-0.05, 0) is 10.1 Å². The molecular weight excluding hydrogens is 240 g/mol. The monoisotopic (exact) mass is 243 g/mol. The normalized spacial score (nSPS) is 18.6. The Labute approximate surface area is 62.0 Å². The fourth-order valence-electron chi connectivity index (χ4n) is 0.271. The molecule has 0 radical (unpaired) electrons. The van der Waals surface area contributed by atoms with Gasteiger partial charge in [-0.2, -0.15) is 0 Å². The minimum atomic E-state index is -0.258. The van der Waals surface area contributed by atoms with E-state index in [2.05, 4.69) is 3.21 Å². The molecule has 4 heteroatoms. The van der Waals surface area contributed by atoms with Crippen molar-refractivity contribution in [3.05, 3.63) is 11.8 Å². The number of rotatable bonds is 0. The number of hydrogen-bond donors (Lipinski definition) is 1. The molecular formula is C4H3ClINO. The lowest BCUT2D eigenvalue weighted by Gasteiger charge is -1.94. The molecule has 0 aromatic heterocycles. The number of halogens is 2. The third-order valence-corrected chi connectivity index (χ3v) is 2.62. The second kappa shape index (κ2) is 2.59. The summed E-state index contributed by atoms with van der Waals surface area (Å²) in [7, 11) is 0. The van der Waals surface area contributed by atoms with Crippen LogP contribution in [0.2, 0.25) is 0 Å². The van der Waals surface area contributed by atoms with Gasteiger partial charge in [0.2, 0.25) is 0 Å². The molecule has 0 atom stereocenters. The minimum absolute atomic E-state index is 0.0811. The third-order valence-electron chi connectivity index (χ3n) is 0.612. The Morgan fingerprint density at radius 3 is 2.88 bits per heavy atom. The van der Waals surface area contributed by atoms with Crippen molar-refractivity contribution in [2.75, 3.05) is 0 Å². The van der Waals surface area contributed by atoms with E-state index in [4.69, 9.17) is 16.7 Å². The fraction of sp³-hybridized carbons (Fsp3) is 0. The predicted molar refractivity (Wildman–Crippen MR) is 44.1 cm³/mol. The van der Waals surface area contributed by atoms with Crippen molar-refractivity contribution in [2.45, 2.75) is 0 Å². The second-order valence-corrected chi connectivity index (χ2v) is 3.27. The molecule has 0 saturated heterocycles. The van der Waals surface area contributed by atoms with Crippen molar-refractivity contribution in [1.29, 1.82) is 0 Å². The predicted octanol–water partition coefficient (Wildman–Crippen LogP) is 1.77. The second-order valence-electron chi connectivity index (χ2n) is 1.15. The van der Waals surface area contributed by atoms with Gasteiger partial charge in [0.05, 0.1) is 0 Å². The van der Waals surface area contributed by atoms with Crippen LogP contribution in [0.3, 0.4) is 0 Å². The standard InChI is InChI=1S/C4H3ClINO/c5-4-3(8)1-2-6-7-4/h1-2,8H. The first-order chi connectivity index (χ1) is 3.80. The maximum absolute atomic E-state index is 8.76. The van der Waals surface area contributed by atoms with Crippen LogP contribution in [0.25, 0.3) is 0 Å². The van der Waals surface area contributed by atoms with Crippen LogP contribution in [0.15, 0.2) is 15.0 Å². The molecule has 0 amide bonds. The van der Waals surface area contributed by atoms with E-state index in [1.54, 1.807) is 6.08 Å². The third kappa shape index (κ3) is 1.29. The summed E-state index contributed by atoms with van der Waals surface area (Å²) in [5, 5.41) is 9.01. The molecule has 1 N–H and O–H groups in total. The van der Waals surface area contributed by atoms with Gasteiger partial charge >= 0.3 is 0 Å². The molecule has 0 aliphatic carbocycles. The molecule has 0 aromatic carbocycles. The van der Waals surface area contributed by atoms with Crippen molar-refractivity contribution in [3.8, 4) is 0 Å². The molecule has 0 aromatic rings. The van der Waals surface area contributed by atoms with Crippen molar-refractivity contribution < 1.29 is 5.11 Å². The van der Waals surface area contributed by atoms with Gasteiger partial charge in [-0.25, -0.2) is 3.21 Å². The summed E-state index contributed by atoms with van der Waals surface area (Å²) in [6.07, 6.45) is 1.59. The topological polar surface area (TPSA) is 32.6 Å². The van der Waals surface area contributed by atoms with Crippen LogP contribution in [-0.4, -0.2) is 14.3 Å². The van der Waals surface area contributed by atoms with E-state index in [0.717, 1.165) is 0 Å². The first-order valence-electron chi connectivity index (χ1n) is 1.90. The maximum atomic E-state index is 8.76. The molecule has 0 spiro atoms. The smallest absolute Gasteiger partial charge is 0.176 e. The van der Waals surface area contributed by atoms with Crippen molar-refractivity contribution in [2.24, 2.45) is 3.21 Å². The Hall–Kier alpha value is 0.1000. The van der Waals surface area contributed by atoms with Crippen LogP contribution in [0.5, 0.6) is 0 Å². The number of aliphatic hydroxyl groups excluding tert-OH is 1. The highest BCUT2D eigenvalue weighted by atomic mass is 127. The van der Waals surface area contributed by atoms with Crippen LogP contribution in [0.4, 0.5) is 0 Å². The van der Waals surface area contributed by atoms with Crippen LogP contribution < -0.4 is 0 Å². The summed E-state index contributed by atoms with van der Waals surface area (Å²) in [6, 6.07) is 0. The molecule has 8 heavy (non-hydrogen) atoms. The van der Waals surface area contributed by atoms with Gasteiger partial charge in [0.1, 0.15) is 0 Å². The molecule has 0 fully saturated rings. The van der Waals surface area contributed by atoms with Crippen LogP contribution >= 0.6 is 32.6 Å². The van der Waals surface area contributed by atoms with E-state index in [1.807, 2.05) is 4.01 Å². The molecule has 1 rings (SSSR count). The van der Waals surface area contributed by atoms with Gasteiger partial charge in [0, 0.05) is 21.0 Å². The van der Waals surface area contributed by atoms with E-state index in [9.17, 15) is 0 Å². The lowest BCUT2D eigenvalue weighted by molar-refractivity contribution is 0.446. The van der Waals surface area contributed by atoms with Gasteiger partial charge in [-0.1, -0.05) is 11.6 Å². The average Bonchev–Trinajstić information content (AvgIpc) is 1.77. The Morgan fingerprint density at radius 1 is 1.75 bits per heavy atom. The quantitative estimate of drug-likeness (QED) is 0.646. The zero-order valence-electron chi connectivity index (χ0n) is 3.81. The molecule has 44 valence electrons. The molecule has 2 nitrogen and oxygen atoms in total. The zero-order chi connectivity index (χ0) is 5.98. The number of nitrogens with zero attached hydrogens (tertiary/aromatic N) is 1. The van der Waals surface area contributed by atoms with Crippen LogP contribution in [0, 0.1) is 0 Å². The lowest BCUT2D eigenvalue weighted by Crippen LogP contribution is -1.92. The summed E-state index contributed by atoms with van der Waals surface area (Å²) in [4.78, 5) is 0. The van der Waals surface area contributed by atoms with Crippen molar-refractivity contribution in [3.63, 3.8) is 0 Å². The molecule has 1 aliphatic rings. The Morgan fingerprint density at radius 2 is 2.50 bits per heavy atom. The van der Waals surface area contributed by atoms with Crippen molar-refractivity contribution in [1.82, 2.24) is 0 Å². The maximum Gasteiger partial charge on any atom is 0.176 e. The summed E-state index contributed by atoms with van der Waals surface area (Å²) in [6.45, 7) is 0. The van der Waals surface area contributed by atoms with E-state index in [-0.39, 0.29) is 31.9 Å². The first-order valence-corrected chi connectivity index (χ1v) is 4.48. The number of hydrogen-bond acceptors (Lipinski definition) is 2. The largest absolute Gasteiger partial charge is 0.505 e. The van der Waals surface area contributed by atoms with E-state index in [0.29, 0.717) is 0 Å². The van der Waals surface area contributed by atoms with E-state index in [1.165, 1.54) is 0 Å². The van der Waals surface area contributed by atoms with Gasteiger partial charge in [0.25, 0.3) is 0 Å². The average molecular weight is 243 g/mol. The molecule has 0 saturated carbocycles. The first kappa shape index (κ1) is 6.22. The summed E-state index contributed by atoms with van der Waals surface area (Å²) < 4.78 is 5.68. The van der Waals surface area contributed by atoms with E-state index < -0.39 is 0 Å². The van der Waals surface area contributed by atoms with Crippen molar-refractivity contribution >= 4 is 41.8 Å². The summed E-state index contributed by atoms with van der Waals surface area (Å²) in [5.41, 5.74) is 0. The highest BCUT2D eigenvalue weighted by Gasteiger charge is 2.00. The van der Waals surface area contributed by atoms with E-state index >= 15 is 0 Å². The molecule has 1 aliphatic heterocycles. The Balaban J connectivity index is 2.93. The summed E-state index contributed by atoms with van der Waals surface area (Å²) in [5.74, 6) is 0.0811. The molecule has 1 heterocycles. The molecule has 0 unspecified atom stereocenters. The Kier molecular flexibility index (Phi) is 2.01.